The number of hydrogen-bond acceptors (Lipinski definition) is 4. The average Bonchev–Trinajstić information content (AvgIpc) is 2.92. The zero-order valence-corrected chi connectivity index (χ0v) is 15.2. The van der Waals surface area contributed by atoms with E-state index >= 15 is 0 Å². The van der Waals surface area contributed by atoms with Crippen molar-refractivity contribution in [2.45, 2.75) is 66.1 Å². The largest absolute Gasteiger partial charge is 0.311 e. The molecule has 1 N–H and O–H groups in total. The Morgan fingerprint density at radius 3 is 2.62 bits per heavy atom. The first-order chi connectivity index (χ1) is 9.84. The standard InChI is InChI=1S/C17H31N3S/c1-7-13(16-18-8-9-21-16)20-11-15(17(4,5)6)19-10-14(20)12(2)3/h8-9,12-15,19H,7,10-11H2,1-6H3. The van der Waals surface area contributed by atoms with E-state index in [0.717, 1.165) is 19.5 Å². The molecule has 1 saturated heterocycles. The molecule has 120 valence electrons. The van der Waals surface area contributed by atoms with E-state index in [1.54, 1.807) is 11.3 Å². The number of nitrogens with zero attached hydrogens (tertiary/aromatic N) is 2. The summed E-state index contributed by atoms with van der Waals surface area (Å²) in [5.74, 6) is 0.660. The van der Waals surface area contributed by atoms with Crippen LogP contribution in [0.4, 0.5) is 0 Å². The normalized spacial score (nSPS) is 26.2. The summed E-state index contributed by atoms with van der Waals surface area (Å²) in [6.45, 7) is 16.2. The number of hydrogen-bond donors (Lipinski definition) is 1. The van der Waals surface area contributed by atoms with Crippen molar-refractivity contribution in [2.24, 2.45) is 11.3 Å². The van der Waals surface area contributed by atoms with Crippen molar-refractivity contribution in [3.8, 4) is 0 Å². The predicted molar refractivity (Wildman–Crippen MR) is 91.7 cm³/mol. The molecule has 2 rings (SSSR count). The van der Waals surface area contributed by atoms with Gasteiger partial charge in [-0.2, -0.15) is 0 Å². The van der Waals surface area contributed by atoms with E-state index in [4.69, 9.17) is 0 Å². The van der Waals surface area contributed by atoms with Gasteiger partial charge >= 0.3 is 0 Å². The lowest BCUT2D eigenvalue weighted by molar-refractivity contribution is 0.0266. The molecule has 0 aromatic carbocycles. The highest BCUT2D eigenvalue weighted by atomic mass is 32.1. The van der Waals surface area contributed by atoms with Crippen molar-refractivity contribution < 1.29 is 0 Å². The fourth-order valence-electron chi connectivity index (χ4n) is 3.30. The lowest BCUT2D eigenvalue weighted by Gasteiger charge is -2.49. The summed E-state index contributed by atoms with van der Waals surface area (Å²) in [4.78, 5) is 7.32. The molecule has 21 heavy (non-hydrogen) atoms. The lowest BCUT2D eigenvalue weighted by Crippen LogP contribution is -2.62. The summed E-state index contributed by atoms with van der Waals surface area (Å²) >= 11 is 1.80. The van der Waals surface area contributed by atoms with E-state index in [-0.39, 0.29) is 0 Å². The molecule has 3 atom stereocenters. The van der Waals surface area contributed by atoms with Gasteiger partial charge in [0.05, 0.1) is 6.04 Å². The molecule has 2 heterocycles. The van der Waals surface area contributed by atoms with Gasteiger partial charge in [0.25, 0.3) is 0 Å². The van der Waals surface area contributed by atoms with Crippen LogP contribution in [0.1, 0.15) is 59.0 Å². The van der Waals surface area contributed by atoms with E-state index in [9.17, 15) is 0 Å². The maximum atomic E-state index is 4.60. The highest BCUT2D eigenvalue weighted by Gasteiger charge is 2.38. The second-order valence-electron chi connectivity index (χ2n) is 7.63. The Kier molecular flexibility index (Phi) is 5.44. The van der Waals surface area contributed by atoms with Gasteiger partial charge in [-0.3, -0.25) is 4.90 Å². The van der Waals surface area contributed by atoms with Crippen LogP contribution in [0.2, 0.25) is 0 Å². The molecule has 1 aliphatic heterocycles. The third-order valence-electron chi connectivity index (χ3n) is 4.73. The first-order valence-electron chi connectivity index (χ1n) is 8.23. The van der Waals surface area contributed by atoms with Crippen LogP contribution in [0.3, 0.4) is 0 Å². The van der Waals surface area contributed by atoms with E-state index in [1.165, 1.54) is 5.01 Å². The SMILES string of the molecule is CCC(c1nccs1)N1CC(C(C)(C)C)NCC1C(C)C. The molecule has 0 amide bonds. The second kappa shape index (κ2) is 6.76. The second-order valence-corrected chi connectivity index (χ2v) is 8.56. The maximum absolute atomic E-state index is 4.60. The minimum absolute atomic E-state index is 0.293. The van der Waals surface area contributed by atoms with Crippen LogP contribution in [0.25, 0.3) is 0 Å². The monoisotopic (exact) mass is 309 g/mol. The summed E-state index contributed by atoms with van der Waals surface area (Å²) in [5.41, 5.74) is 0.293. The first kappa shape index (κ1) is 16.9. The molecule has 0 spiro atoms. The number of rotatable bonds is 4. The molecule has 1 fully saturated rings. The van der Waals surface area contributed by atoms with Gasteiger partial charge in [0.2, 0.25) is 0 Å². The highest BCUT2D eigenvalue weighted by Crippen LogP contribution is 2.34. The smallest absolute Gasteiger partial charge is 0.110 e. The summed E-state index contributed by atoms with van der Waals surface area (Å²) in [6.07, 6.45) is 3.07. The topological polar surface area (TPSA) is 28.2 Å². The van der Waals surface area contributed by atoms with Gasteiger partial charge in [0.15, 0.2) is 0 Å². The van der Waals surface area contributed by atoms with Crippen LogP contribution >= 0.6 is 11.3 Å². The van der Waals surface area contributed by atoms with Gasteiger partial charge in [0, 0.05) is 36.8 Å². The molecule has 4 heteroatoms. The Labute approximate surface area is 134 Å². The first-order valence-corrected chi connectivity index (χ1v) is 9.11. The molecule has 0 bridgehead atoms. The Hall–Kier alpha value is -0.450. The molecule has 1 aromatic rings. The zero-order valence-electron chi connectivity index (χ0n) is 14.4. The zero-order chi connectivity index (χ0) is 15.6. The Morgan fingerprint density at radius 2 is 2.14 bits per heavy atom. The Bertz CT molecular complexity index is 422. The molecular formula is C17H31N3S. The molecule has 3 unspecified atom stereocenters. The van der Waals surface area contributed by atoms with Crippen LogP contribution in [0, 0.1) is 11.3 Å². The number of nitrogens with one attached hydrogen (secondary N) is 1. The van der Waals surface area contributed by atoms with E-state index < -0.39 is 0 Å². The van der Waals surface area contributed by atoms with Crippen molar-refractivity contribution in [1.29, 1.82) is 0 Å². The summed E-state index contributed by atoms with van der Waals surface area (Å²) < 4.78 is 0. The molecule has 1 aromatic heterocycles. The number of piperazine rings is 1. The van der Waals surface area contributed by atoms with E-state index in [0.29, 0.717) is 29.5 Å². The third-order valence-corrected chi connectivity index (χ3v) is 5.61. The summed E-state index contributed by atoms with van der Waals surface area (Å²) in [5, 5.41) is 7.16. The average molecular weight is 310 g/mol. The van der Waals surface area contributed by atoms with Crippen LogP contribution in [-0.2, 0) is 0 Å². The number of aromatic nitrogens is 1. The fraction of sp³-hybridized carbons (Fsp3) is 0.824. The molecule has 3 nitrogen and oxygen atoms in total. The Morgan fingerprint density at radius 1 is 1.43 bits per heavy atom. The Balaban J connectivity index is 2.24. The predicted octanol–water partition coefficient (Wildman–Crippen LogP) is 3.94. The van der Waals surface area contributed by atoms with Crippen molar-refractivity contribution in [3.63, 3.8) is 0 Å². The molecule has 1 aliphatic rings. The van der Waals surface area contributed by atoms with Gasteiger partial charge in [-0.1, -0.05) is 41.5 Å². The van der Waals surface area contributed by atoms with Gasteiger partial charge < -0.3 is 5.32 Å². The summed E-state index contributed by atoms with van der Waals surface area (Å²) in [6, 6.07) is 1.60. The fourth-order valence-corrected chi connectivity index (χ4v) is 4.14. The molecular weight excluding hydrogens is 278 g/mol. The summed E-state index contributed by atoms with van der Waals surface area (Å²) in [7, 11) is 0. The van der Waals surface area contributed by atoms with E-state index in [2.05, 4.69) is 62.1 Å². The van der Waals surface area contributed by atoms with E-state index in [1.807, 2.05) is 6.20 Å². The minimum Gasteiger partial charge on any atom is -0.311 e. The van der Waals surface area contributed by atoms with Crippen molar-refractivity contribution in [3.05, 3.63) is 16.6 Å². The number of thiazole rings is 1. The minimum atomic E-state index is 0.293. The van der Waals surface area contributed by atoms with Crippen LogP contribution in [-0.4, -0.2) is 35.1 Å². The molecule has 0 radical (unpaired) electrons. The van der Waals surface area contributed by atoms with Crippen LogP contribution in [0.15, 0.2) is 11.6 Å². The highest BCUT2D eigenvalue weighted by molar-refractivity contribution is 7.09. The van der Waals surface area contributed by atoms with Crippen LogP contribution < -0.4 is 5.32 Å². The van der Waals surface area contributed by atoms with Gasteiger partial charge in [-0.15, -0.1) is 11.3 Å². The third kappa shape index (κ3) is 3.85. The van der Waals surface area contributed by atoms with Gasteiger partial charge in [-0.25, -0.2) is 4.98 Å². The van der Waals surface area contributed by atoms with Crippen molar-refractivity contribution in [1.82, 2.24) is 15.2 Å². The molecule has 0 aliphatic carbocycles. The quantitative estimate of drug-likeness (QED) is 0.913. The van der Waals surface area contributed by atoms with Crippen molar-refractivity contribution in [2.75, 3.05) is 13.1 Å². The van der Waals surface area contributed by atoms with Gasteiger partial charge in [0.1, 0.15) is 5.01 Å². The molecule has 0 saturated carbocycles. The van der Waals surface area contributed by atoms with Crippen molar-refractivity contribution >= 4 is 11.3 Å². The van der Waals surface area contributed by atoms with Gasteiger partial charge in [-0.05, 0) is 17.8 Å². The lowest BCUT2D eigenvalue weighted by atomic mass is 9.83. The maximum Gasteiger partial charge on any atom is 0.110 e. The van der Waals surface area contributed by atoms with Crippen LogP contribution in [0.5, 0.6) is 0 Å².